The lowest BCUT2D eigenvalue weighted by molar-refractivity contribution is -0.123. The van der Waals surface area contributed by atoms with Crippen molar-refractivity contribution in [1.82, 2.24) is 9.55 Å². The number of benzene rings is 3. The molecule has 1 aromatic heterocycles. The minimum absolute atomic E-state index is 0.125. The number of hydrogen-bond acceptors (Lipinski definition) is 3. The molecule has 0 atom stereocenters. The number of carbonyl (C=O) groups excluding carboxylic acids is 1. The molecule has 1 aliphatic rings. The highest BCUT2D eigenvalue weighted by molar-refractivity contribution is 5.97. The Morgan fingerprint density at radius 3 is 2.36 bits per heavy atom. The minimum Gasteiger partial charge on any atom is -0.478 e. The number of amides is 1. The van der Waals surface area contributed by atoms with Crippen LogP contribution in [-0.2, 0) is 17.8 Å². The Labute approximate surface area is 262 Å². The molecular weight excluding hydrogens is 546 g/mol. The van der Waals surface area contributed by atoms with E-state index in [-0.39, 0.29) is 11.8 Å². The van der Waals surface area contributed by atoms with Gasteiger partial charge < -0.3 is 14.6 Å². The normalized spacial score (nSPS) is 13.8. The molecule has 3 aromatic carbocycles. The first-order valence-corrected chi connectivity index (χ1v) is 16.7. The van der Waals surface area contributed by atoms with Crippen molar-refractivity contribution in [1.29, 1.82) is 0 Å². The third-order valence-electron chi connectivity index (χ3n) is 9.10. The molecule has 1 saturated carbocycles. The zero-order valence-electron chi connectivity index (χ0n) is 26.4. The van der Waals surface area contributed by atoms with E-state index in [0.29, 0.717) is 12.1 Å². The first kappa shape index (κ1) is 31.5. The summed E-state index contributed by atoms with van der Waals surface area (Å²) >= 11 is 0. The van der Waals surface area contributed by atoms with E-state index in [1.54, 1.807) is 12.1 Å². The van der Waals surface area contributed by atoms with Crippen molar-refractivity contribution >= 4 is 28.6 Å². The molecule has 44 heavy (non-hydrogen) atoms. The summed E-state index contributed by atoms with van der Waals surface area (Å²) in [6, 6.07) is 21.7. The predicted molar refractivity (Wildman–Crippen MR) is 179 cm³/mol. The van der Waals surface area contributed by atoms with Crippen LogP contribution < -0.4 is 4.90 Å². The van der Waals surface area contributed by atoms with E-state index in [1.807, 2.05) is 24.3 Å². The number of carboxylic acid groups (broad SMARTS) is 1. The number of rotatable bonds is 14. The predicted octanol–water partition coefficient (Wildman–Crippen LogP) is 9.29. The summed E-state index contributed by atoms with van der Waals surface area (Å²) in [5, 5.41) is 9.66. The largest absolute Gasteiger partial charge is 0.478 e. The van der Waals surface area contributed by atoms with Crippen LogP contribution in [0.15, 0.2) is 66.7 Å². The maximum absolute atomic E-state index is 13.9. The molecule has 232 valence electrons. The third kappa shape index (κ3) is 7.40. The van der Waals surface area contributed by atoms with Crippen LogP contribution in [0.2, 0.25) is 0 Å². The van der Waals surface area contributed by atoms with Gasteiger partial charge in [0.25, 0.3) is 0 Å². The number of unbranched alkanes of at least 4 members (excludes halogenated alkanes) is 4. The van der Waals surface area contributed by atoms with Crippen LogP contribution >= 0.6 is 0 Å². The maximum atomic E-state index is 13.9. The number of nitrogens with zero attached hydrogens (tertiary/aromatic N) is 3. The van der Waals surface area contributed by atoms with E-state index in [9.17, 15) is 14.7 Å². The van der Waals surface area contributed by atoms with Crippen LogP contribution in [0, 0.1) is 5.92 Å². The number of hydrogen-bond donors (Lipinski definition) is 1. The number of imidazole rings is 1. The zero-order chi connectivity index (χ0) is 30.9. The quantitative estimate of drug-likeness (QED) is 0.148. The minimum atomic E-state index is -0.924. The van der Waals surface area contributed by atoms with Gasteiger partial charge in [-0.2, -0.15) is 0 Å². The van der Waals surface area contributed by atoms with Gasteiger partial charge in [0.1, 0.15) is 5.82 Å². The number of aromatic carboxylic acids is 1. The van der Waals surface area contributed by atoms with Crippen molar-refractivity contribution < 1.29 is 14.7 Å². The number of aromatic nitrogens is 2. The highest BCUT2D eigenvalue weighted by Gasteiger charge is 2.27. The van der Waals surface area contributed by atoms with Crippen molar-refractivity contribution in [2.75, 3.05) is 11.4 Å². The summed E-state index contributed by atoms with van der Waals surface area (Å²) in [5.41, 5.74) is 6.03. The fourth-order valence-electron chi connectivity index (χ4n) is 6.56. The van der Waals surface area contributed by atoms with Gasteiger partial charge in [-0.05, 0) is 66.6 Å². The molecule has 0 unspecified atom stereocenters. The van der Waals surface area contributed by atoms with Crippen molar-refractivity contribution in [3.63, 3.8) is 0 Å². The van der Waals surface area contributed by atoms with Crippen LogP contribution in [0.3, 0.4) is 0 Å². The number of aryl methyl sites for hydroxylation is 1. The number of carboxylic acids is 1. The number of carbonyl (C=O) groups is 2. The average molecular weight is 594 g/mol. The maximum Gasteiger partial charge on any atom is 0.336 e. The summed E-state index contributed by atoms with van der Waals surface area (Å²) in [7, 11) is 0. The third-order valence-corrected chi connectivity index (χ3v) is 9.10. The van der Waals surface area contributed by atoms with E-state index >= 15 is 0 Å². The summed E-state index contributed by atoms with van der Waals surface area (Å²) in [6.07, 6.45) is 13.1. The van der Waals surface area contributed by atoms with E-state index in [4.69, 9.17) is 4.98 Å². The smallest absolute Gasteiger partial charge is 0.336 e. The lowest BCUT2D eigenvalue weighted by Crippen LogP contribution is -2.38. The molecule has 0 saturated heterocycles. The fourth-order valence-corrected chi connectivity index (χ4v) is 6.56. The van der Waals surface area contributed by atoms with Gasteiger partial charge in [-0.1, -0.05) is 101 Å². The van der Waals surface area contributed by atoms with Gasteiger partial charge >= 0.3 is 5.97 Å². The Kier molecular flexibility index (Phi) is 10.9. The standard InChI is InChI=1S/C38H47N3O3/c1-3-5-7-13-25-40(37(42)30-14-9-8-10-15-30)31-23-24-34-35(26-31)41(36(39-34)18-6-4-2)27-28-19-21-29(22-20-28)32-16-11-12-17-33(32)38(43)44/h11-12,16-17,19-24,26,30H,3-10,13-15,18,25,27H2,1-2H3,(H,43,44). The van der Waals surface area contributed by atoms with Crippen LogP contribution in [0.4, 0.5) is 5.69 Å². The van der Waals surface area contributed by atoms with E-state index < -0.39 is 5.97 Å². The second-order valence-electron chi connectivity index (χ2n) is 12.3. The first-order chi connectivity index (χ1) is 21.5. The topological polar surface area (TPSA) is 75.4 Å². The van der Waals surface area contributed by atoms with Crippen LogP contribution in [0.25, 0.3) is 22.2 Å². The van der Waals surface area contributed by atoms with Gasteiger partial charge in [-0.15, -0.1) is 0 Å². The molecule has 6 nitrogen and oxygen atoms in total. The molecule has 0 radical (unpaired) electrons. The van der Waals surface area contributed by atoms with E-state index in [1.165, 1.54) is 19.3 Å². The van der Waals surface area contributed by atoms with Gasteiger partial charge in [0.2, 0.25) is 5.91 Å². The van der Waals surface area contributed by atoms with Crippen molar-refractivity contribution in [3.05, 3.63) is 83.7 Å². The summed E-state index contributed by atoms with van der Waals surface area (Å²) in [4.78, 5) is 32.8. The Morgan fingerprint density at radius 2 is 1.64 bits per heavy atom. The molecule has 0 aliphatic heterocycles. The lowest BCUT2D eigenvalue weighted by Gasteiger charge is -2.29. The first-order valence-electron chi connectivity index (χ1n) is 16.7. The number of anilines is 1. The Morgan fingerprint density at radius 1 is 0.886 bits per heavy atom. The second kappa shape index (κ2) is 15.2. The summed E-state index contributed by atoms with van der Waals surface area (Å²) in [6.45, 7) is 5.84. The molecule has 0 spiro atoms. The van der Waals surface area contributed by atoms with Gasteiger partial charge in [-0.25, -0.2) is 9.78 Å². The molecule has 1 amide bonds. The number of fused-ring (bicyclic) bond motifs is 1. The van der Waals surface area contributed by atoms with Crippen LogP contribution in [-0.4, -0.2) is 33.1 Å². The van der Waals surface area contributed by atoms with Gasteiger partial charge in [-0.3, -0.25) is 4.79 Å². The van der Waals surface area contributed by atoms with Crippen molar-refractivity contribution in [2.24, 2.45) is 5.92 Å². The molecule has 4 aromatic rings. The van der Waals surface area contributed by atoms with Gasteiger partial charge in [0.05, 0.1) is 16.6 Å². The summed E-state index contributed by atoms with van der Waals surface area (Å²) in [5.74, 6) is 0.551. The molecule has 1 fully saturated rings. The lowest BCUT2D eigenvalue weighted by atomic mass is 9.88. The summed E-state index contributed by atoms with van der Waals surface area (Å²) < 4.78 is 2.31. The van der Waals surface area contributed by atoms with Gasteiger partial charge in [0, 0.05) is 31.1 Å². The van der Waals surface area contributed by atoms with E-state index in [2.05, 4.69) is 53.6 Å². The monoisotopic (exact) mass is 593 g/mol. The zero-order valence-corrected chi connectivity index (χ0v) is 26.4. The van der Waals surface area contributed by atoms with E-state index in [0.717, 1.165) is 104 Å². The molecule has 5 rings (SSSR count). The molecule has 1 heterocycles. The van der Waals surface area contributed by atoms with Crippen LogP contribution in [0.1, 0.15) is 106 Å². The van der Waals surface area contributed by atoms with Crippen LogP contribution in [0.5, 0.6) is 0 Å². The molecule has 0 bridgehead atoms. The van der Waals surface area contributed by atoms with Crippen molar-refractivity contribution in [3.8, 4) is 11.1 Å². The molecule has 1 aliphatic carbocycles. The highest BCUT2D eigenvalue weighted by Crippen LogP contribution is 2.31. The van der Waals surface area contributed by atoms with Crippen molar-refractivity contribution in [2.45, 2.75) is 97.4 Å². The fraction of sp³-hybridized carbons (Fsp3) is 0.447. The molecular formula is C38H47N3O3. The Balaban J connectivity index is 1.47. The second-order valence-corrected chi connectivity index (χ2v) is 12.3. The SMILES string of the molecule is CCCCCCN(C(=O)C1CCCCC1)c1ccc2nc(CCCC)n(Cc3ccc(-c4ccccc4C(=O)O)cc3)c2c1. The Hall–Kier alpha value is -3.93. The molecule has 1 N–H and O–H groups in total. The highest BCUT2D eigenvalue weighted by atomic mass is 16.4. The molecule has 6 heteroatoms. The van der Waals surface area contributed by atoms with Gasteiger partial charge in [0.15, 0.2) is 0 Å². The average Bonchev–Trinajstić information content (AvgIpc) is 3.40. The Bertz CT molecular complexity index is 1550.